The lowest BCUT2D eigenvalue weighted by molar-refractivity contribution is -0.144. The minimum Gasteiger partial charge on any atom is -0.466 e. The Morgan fingerprint density at radius 3 is 2.11 bits per heavy atom. The van der Waals surface area contributed by atoms with Gasteiger partial charge in [-0.2, -0.15) is 0 Å². The van der Waals surface area contributed by atoms with Crippen LogP contribution in [0, 0.1) is 0 Å². The van der Waals surface area contributed by atoms with E-state index < -0.39 is 0 Å². The number of nitrogens with one attached hydrogen (secondary N) is 2. The number of ether oxygens (including phenoxy) is 1. The van der Waals surface area contributed by atoms with Crippen molar-refractivity contribution in [2.75, 3.05) is 19.7 Å². The molecule has 0 radical (unpaired) electrons. The molecule has 0 aromatic heterocycles. The van der Waals surface area contributed by atoms with E-state index in [2.05, 4.69) is 10.6 Å². The summed E-state index contributed by atoms with van der Waals surface area (Å²) in [7, 11) is 0. The van der Waals surface area contributed by atoms with E-state index in [9.17, 15) is 14.4 Å². The molecule has 0 aliphatic carbocycles. The highest BCUT2D eigenvalue weighted by atomic mass is 16.5. The van der Waals surface area contributed by atoms with Crippen molar-refractivity contribution in [2.45, 2.75) is 19.8 Å². The summed E-state index contributed by atoms with van der Waals surface area (Å²) in [5.41, 5.74) is 2.69. The summed E-state index contributed by atoms with van der Waals surface area (Å²) < 4.78 is 4.76. The predicted octanol–water partition coefficient (Wildman–Crippen LogP) is 2.54. The largest absolute Gasteiger partial charge is 0.466 e. The molecule has 0 saturated carbocycles. The van der Waals surface area contributed by atoms with E-state index in [1.165, 1.54) is 0 Å². The third-order valence-corrected chi connectivity index (χ3v) is 3.85. The summed E-state index contributed by atoms with van der Waals surface area (Å²) in [6.07, 6.45) is 0.132. The fourth-order valence-corrected chi connectivity index (χ4v) is 2.46. The van der Waals surface area contributed by atoms with Gasteiger partial charge in [-0.05, 0) is 30.2 Å². The third-order valence-electron chi connectivity index (χ3n) is 3.85. The Hall–Kier alpha value is -3.15. The standard InChI is InChI=1S/C21H24N2O4/c1-2-27-20(25)13-12-19(24)22-14-15-23-21(26)18-10-8-17(9-11-18)16-6-4-3-5-7-16/h3-11H,2,12-15H2,1H3,(H,22,24)(H,23,26). The van der Waals surface area contributed by atoms with Crippen LogP contribution in [0.2, 0.25) is 0 Å². The molecule has 0 spiro atoms. The molecule has 0 fully saturated rings. The second-order valence-electron chi connectivity index (χ2n) is 5.85. The van der Waals surface area contributed by atoms with Crippen molar-refractivity contribution >= 4 is 17.8 Å². The summed E-state index contributed by atoms with van der Waals surface area (Å²) in [5.74, 6) is -0.834. The molecule has 142 valence electrons. The number of hydrogen-bond donors (Lipinski definition) is 2. The molecule has 0 atom stereocenters. The van der Waals surface area contributed by atoms with Gasteiger partial charge in [0.25, 0.3) is 5.91 Å². The molecule has 0 saturated heterocycles. The summed E-state index contributed by atoms with van der Waals surface area (Å²) in [5, 5.41) is 5.41. The zero-order valence-electron chi connectivity index (χ0n) is 15.4. The summed E-state index contributed by atoms with van der Waals surface area (Å²) >= 11 is 0. The van der Waals surface area contributed by atoms with Crippen LogP contribution in [-0.2, 0) is 14.3 Å². The fourth-order valence-electron chi connectivity index (χ4n) is 2.46. The molecular formula is C21H24N2O4. The number of rotatable bonds is 9. The molecule has 2 aromatic carbocycles. The first kappa shape index (κ1) is 20.2. The van der Waals surface area contributed by atoms with Gasteiger partial charge in [0.05, 0.1) is 13.0 Å². The second kappa shape index (κ2) is 10.8. The van der Waals surface area contributed by atoms with Crippen LogP contribution < -0.4 is 10.6 Å². The van der Waals surface area contributed by atoms with Gasteiger partial charge in [0.15, 0.2) is 0 Å². The third kappa shape index (κ3) is 6.93. The van der Waals surface area contributed by atoms with Crippen molar-refractivity contribution in [3.8, 4) is 11.1 Å². The zero-order chi connectivity index (χ0) is 19.5. The van der Waals surface area contributed by atoms with E-state index in [0.717, 1.165) is 11.1 Å². The van der Waals surface area contributed by atoms with Crippen LogP contribution in [0.4, 0.5) is 0 Å². The van der Waals surface area contributed by atoms with E-state index in [4.69, 9.17) is 4.74 Å². The van der Waals surface area contributed by atoms with Gasteiger partial charge in [-0.1, -0.05) is 42.5 Å². The molecule has 0 bridgehead atoms. The highest BCUT2D eigenvalue weighted by Crippen LogP contribution is 2.19. The predicted molar refractivity (Wildman–Crippen MR) is 103 cm³/mol. The molecule has 6 nitrogen and oxygen atoms in total. The first-order chi connectivity index (χ1) is 13.1. The number of amides is 2. The highest BCUT2D eigenvalue weighted by Gasteiger charge is 2.08. The number of esters is 1. The maximum atomic E-state index is 12.1. The van der Waals surface area contributed by atoms with Gasteiger partial charge in [-0.15, -0.1) is 0 Å². The lowest BCUT2D eigenvalue weighted by Crippen LogP contribution is -2.34. The van der Waals surface area contributed by atoms with Gasteiger partial charge in [0.2, 0.25) is 5.91 Å². The highest BCUT2D eigenvalue weighted by molar-refractivity contribution is 5.94. The molecule has 0 unspecified atom stereocenters. The average Bonchev–Trinajstić information content (AvgIpc) is 2.70. The normalized spacial score (nSPS) is 10.1. The minimum absolute atomic E-state index is 0.0554. The van der Waals surface area contributed by atoms with Crippen molar-refractivity contribution in [2.24, 2.45) is 0 Å². The number of carbonyl (C=O) groups excluding carboxylic acids is 3. The molecule has 2 rings (SSSR count). The molecule has 2 N–H and O–H groups in total. The second-order valence-corrected chi connectivity index (χ2v) is 5.85. The van der Waals surface area contributed by atoms with E-state index in [1.807, 2.05) is 42.5 Å². The minimum atomic E-state index is -0.389. The molecule has 6 heteroatoms. The quantitative estimate of drug-likeness (QED) is 0.526. The van der Waals surface area contributed by atoms with Gasteiger partial charge >= 0.3 is 5.97 Å². The van der Waals surface area contributed by atoms with Crippen LogP contribution in [0.1, 0.15) is 30.1 Å². The van der Waals surface area contributed by atoms with Gasteiger partial charge in [-0.3, -0.25) is 14.4 Å². The smallest absolute Gasteiger partial charge is 0.306 e. The van der Waals surface area contributed by atoms with Crippen molar-refractivity contribution < 1.29 is 19.1 Å². The molecule has 0 aliphatic heterocycles. The lowest BCUT2D eigenvalue weighted by Gasteiger charge is -2.08. The Labute approximate surface area is 158 Å². The molecule has 2 amide bonds. The van der Waals surface area contributed by atoms with Crippen LogP contribution in [0.15, 0.2) is 54.6 Å². The molecule has 27 heavy (non-hydrogen) atoms. The first-order valence-corrected chi connectivity index (χ1v) is 8.96. The zero-order valence-corrected chi connectivity index (χ0v) is 15.4. The Kier molecular flexibility index (Phi) is 8.03. The molecular weight excluding hydrogens is 344 g/mol. The van der Waals surface area contributed by atoms with Crippen LogP contribution in [0.5, 0.6) is 0 Å². The molecule has 2 aromatic rings. The Morgan fingerprint density at radius 1 is 0.815 bits per heavy atom. The van der Waals surface area contributed by atoms with E-state index in [1.54, 1.807) is 19.1 Å². The van der Waals surface area contributed by atoms with Crippen LogP contribution in [0.25, 0.3) is 11.1 Å². The summed E-state index contributed by atoms with van der Waals surface area (Å²) in [4.78, 5) is 34.9. The number of benzene rings is 2. The van der Waals surface area contributed by atoms with E-state index in [0.29, 0.717) is 25.3 Å². The number of hydrogen-bond acceptors (Lipinski definition) is 4. The first-order valence-electron chi connectivity index (χ1n) is 8.96. The molecule has 0 heterocycles. The maximum Gasteiger partial charge on any atom is 0.306 e. The Morgan fingerprint density at radius 2 is 1.44 bits per heavy atom. The number of carbonyl (C=O) groups is 3. The lowest BCUT2D eigenvalue weighted by atomic mass is 10.0. The van der Waals surface area contributed by atoms with Crippen molar-refractivity contribution in [1.82, 2.24) is 10.6 Å². The van der Waals surface area contributed by atoms with E-state index in [-0.39, 0.29) is 30.6 Å². The maximum absolute atomic E-state index is 12.1. The van der Waals surface area contributed by atoms with Crippen LogP contribution in [-0.4, -0.2) is 37.5 Å². The van der Waals surface area contributed by atoms with Crippen LogP contribution in [0.3, 0.4) is 0 Å². The van der Waals surface area contributed by atoms with Gasteiger partial charge < -0.3 is 15.4 Å². The topological polar surface area (TPSA) is 84.5 Å². The Bertz CT molecular complexity index is 758. The van der Waals surface area contributed by atoms with Crippen LogP contribution >= 0.6 is 0 Å². The monoisotopic (exact) mass is 368 g/mol. The summed E-state index contributed by atoms with van der Waals surface area (Å²) in [6, 6.07) is 17.3. The average molecular weight is 368 g/mol. The SMILES string of the molecule is CCOC(=O)CCC(=O)NCCNC(=O)c1ccc(-c2ccccc2)cc1. The van der Waals surface area contributed by atoms with Gasteiger partial charge in [0.1, 0.15) is 0 Å². The summed E-state index contributed by atoms with van der Waals surface area (Å²) in [6.45, 7) is 2.63. The van der Waals surface area contributed by atoms with Crippen molar-refractivity contribution in [3.05, 3.63) is 60.2 Å². The van der Waals surface area contributed by atoms with Crippen molar-refractivity contribution in [1.29, 1.82) is 0 Å². The molecule has 0 aliphatic rings. The Balaban J connectivity index is 1.70. The van der Waals surface area contributed by atoms with Crippen molar-refractivity contribution in [3.63, 3.8) is 0 Å². The van der Waals surface area contributed by atoms with Gasteiger partial charge in [-0.25, -0.2) is 0 Å². The van der Waals surface area contributed by atoms with E-state index >= 15 is 0 Å². The van der Waals surface area contributed by atoms with Gasteiger partial charge in [0, 0.05) is 25.1 Å². The fraction of sp³-hybridized carbons (Fsp3) is 0.286.